The van der Waals surface area contributed by atoms with E-state index in [4.69, 9.17) is 9.47 Å². The topological polar surface area (TPSA) is 68.6 Å². The number of nitrogens with one attached hydrogen (secondary N) is 1. The summed E-state index contributed by atoms with van der Waals surface area (Å²) in [5, 5.41) is 3.10. The van der Waals surface area contributed by atoms with Crippen LogP contribution in [0.2, 0.25) is 0 Å². The van der Waals surface area contributed by atoms with Gasteiger partial charge in [-0.05, 0) is 41.7 Å². The summed E-state index contributed by atoms with van der Waals surface area (Å²) < 4.78 is 13.4. The highest BCUT2D eigenvalue weighted by molar-refractivity contribution is 5.75. The van der Waals surface area contributed by atoms with Crippen molar-refractivity contribution in [2.75, 3.05) is 19.8 Å². The summed E-state index contributed by atoms with van der Waals surface area (Å²) >= 11 is 0. The van der Waals surface area contributed by atoms with Gasteiger partial charge in [0.25, 0.3) is 0 Å². The molecule has 1 aromatic heterocycles. The normalized spacial score (nSPS) is 17.5. The van der Waals surface area contributed by atoms with Crippen molar-refractivity contribution in [3.63, 3.8) is 0 Å². The van der Waals surface area contributed by atoms with Crippen molar-refractivity contribution >= 4 is 6.03 Å². The molecule has 7 nitrogen and oxygen atoms in total. The first-order chi connectivity index (χ1) is 15.3. The highest BCUT2D eigenvalue weighted by atomic mass is 16.6. The second kappa shape index (κ2) is 8.71. The van der Waals surface area contributed by atoms with Gasteiger partial charge in [0.15, 0.2) is 11.5 Å². The molecular formula is C24H26N4O3. The molecule has 1 N–H and O–H groups in total. The molecule has 160 valence electrons. The Bertz CT molecular complexity index is 1050. The van der Waals surface area contributed by atoms with Crippen LogP contribution in [0.15, 0.2) is 61.2 Å². The van der Waals surface area contributed by atoms with E-state index in [1.807, 2.05) is 46.0 Å². The van der Waals surface area contributed by atoms with Crippen LogP contribution >= 0.6 is 0 Å². The third-order valence-electron chi connectivity index (χ3n) is 5.82. The lowest BCUT2D eigenvalue weighted by molar-refractivity contribution is 0.170. The van der Waals surface area contributed by atoms with Gasteiger partial charge >= 0.3 is 6.03 Å². The minimum absolute atomic E-state index is 0.0302. The molecule has 1 unspecified atom stereocenters. The fourth-order valence-electron chi connectivity index (χ4n) is 4.33. The van der Waals surface area contributed by atoms with E-state index >= 15 is 0 Å². The number of carbonyl (C=O) groups is 1. The van der Waals surface area contributed by atoms with Gasteiger partial charge in [0.1, 0.15) is 13.2 Å². The number of benzene rings is 2. The molecule has 0 saturated carbocycles. The summed E-state index contributed by atoms with van der Waals surface area (Å²) in [6.07, 6.45) is 7.47. The lowest BCUT2D eigenvalue weighted by Crippen LogP contribution is -2.39. The molecule has 5 rings (SSSR count). The Morgan fingerprint density at radius 1 is 1.10 bits per heavy atom. The van der Waals surface area contributed by atoms with Crippen molar-refractivity contribution in [2.45, 2.75) is 32.0 Å². The second-order valence-corrected chi connectivity index (χ2v) is 7.97. The van der Waals surface area contributed by atoms with Crippen LogP contribution in [0.5, 0.6) is 11.5 Å². The molecule has 1 atom stereocenters. The summed E-state index contributed by atoms with van der Waals surface area (Å²) in [5.74, 6) is 1.55. The molecule has 2 aliphatic rings. The van der Waals surface area contributed by atoms with Gasteiger partial charge in [0.2, 0.25) is 0 Å². The Balaban J connectivity index is 1.23. The highest BCUT2D eigenvalue weighted by Gasteiger charge is 2.30. The van der Waals surface area contributed by atoms with Gasteiger partial charge in [0.05, 0.1) is 12.4 Å². The SMILES string of the molecule is O=C(NCc1cccc(Cn2ccnc2)c1)N1CCCC1c1ccc2c(c1)OCCO2. The van der Waals surface area contributed by atoms with Gasteiger partial charge in [0, 0.05) is 32.0 Å². The molecular weight excluding hydrogens is 392 g/mol. The minimum Gasteiger partial charge on any atom is -0.486 e. The summed E-state index contributed by atoms with van der Waals surface area (Å²) in [6.45, 7) is 3.16. The summed E-state index contributed by atoms with van der Waals surface area (Å²) in [7, 11) is 0. The molecule has 7 heteroatoms. The number of rotatable bonds is 5. The van der Waals surface area contributed by atoms with Crippen molar-refractivity contribution in [3.8, 4) is 11.5 Å². The standard InChI is InChI=1S/C24H26N4O3/c29-24(26-15-18-3-1-4-19(13-18)16-27-10-8-25-17-27)28-9-2-5-21(28)20-6-7-22-23(14-20)31-12-11-30-22/h1,3-4,6-8,10,13-14,17,21H,2,5,9,11-12,15-16H2,(H,26,29). The first-order valence-electron chi connectivity index (χ1n) is 10.7. The number of amides is 2. The van der Waals surface area contributed by atoms with Gasteiger partial charge in [-0.15, -0.1) is 0 Å². The summed E-state index contributed by atoms with van der Waals surface area (Å²) in [6, 6.07) is 14.3. The lowest BCUT2D eigenvalue weighted by Gasteiger charge is -2.27. The Kier molecular flexibility index (Phi) is 5.48. The Labute approximate surface area is 181 Å². The van der Waals surface area contributed by atoms with Gasteiger partial charge in [-0.25, -0.2) is 9.78 Å². The zero-order chi connectivity index (χ0) is 21.0. The maximum Gasteiger partial charge on any atom is 0.318 e. The van der Waals surface area contributed by atoms with Gasteiger partial charge in [-0.2, -0.15) is 0 Å². The molecule has 1 fully saturated rings. The average molecular weight is 418 g/mol. The van der Waals surface area contributed by atoms with E-state index in [0.29, 0.717) is 19.8 Å². The van der Waals surface area contributed by atoms with Gasteiger partial charge < -0.3 is 24.3 Å². The molecule has 2 amide bonds. The quantitative estimate of drug-likeness (QED) is 0.685. The van der Waals surface area contributed by atoms with Crippen molar-refractivity contribution in [3.05, 3.63) is 77.9 Å². The molecule has 0 aliphatic carbocycles. The molecule has 3 heterocycles. The van der Waals surface area contributed by atoms with Crippen LogP contribution in [-0.2, 0) is 13.1 Å². The highest BCUT2D eigenvalue weighted by Crippen LogP contribution is 2.38. The maximum absolute atomic E-state index is 13.0. The van der Waals surface area contributed by atoms with E-state index in [-0.39, 0.29) is 12.1 Å². The molecule has 1 saturated heterocycles. The molecule has 31 heavy (non-hydrogen) atoms. The number of hydrogen-bond acceptors (Lipinski definition) is 4. The molecule has 0 spiro atoms. The summed E-state index contributed by atoms with van der Waals surface area (Å²) in [5.41, 5.74) is 3.36. The van der Waals surface area contributed by atoms with E-state index in [1.165, 1.54) is 5.56 Å². The molecule has 0 radical (unpaired) electrons. The van der Waals surface area contributed by atoms with Crippen molar-refractivity contribution < 1.29 is 14.3 Å². The van der Waals surface area contributed by atoms with Crippen LogP contribution in [0.4, 0.5) is 4.79 Å². The first-order valence-corrected chi connectivity index (χ1v) is 10.7. The number of likely N-dealkylation sites (tertiary alicyclic amines) is 1. The van der Waals surface area contributed by atoms with Crippen LogP contribution in [-0.4, -0.2) is 40.2 Å². The smallest absolute Gasteiger partial charge is 0.318 e. The Hall–Kier alpha value is -3.48. The van der Waals surface area contributed by atoms with Crippen LogP contribution in [0, 0.1) is 0 Å². The predicted octanol–water partition coefficient (Wildman–Crippen LogP) is 3.75. The molecule has 0 bridgehead atoms. The van der Waals surface area contributed by atoms with E-state index in [2.05, 4.69) is 22.4 Å². The fourth-order valence-corrected chi connectivity index (χ4v) is 4.33. The first kappa shape index (κ1) is 19.5. The average Bonchev–Trinajstić information content (AvgIpc) is 3.50. The maximum atomic E-state index is 13.0. The zero-order valence-corrected chi connectivity index (χ0v) is 17.4. The number of aromatic nitrogens is 2. The van der Waals surface area contributed by atoms with Crippen LogP contribution in [0.1, 0.15) is 35.6 Å². The van der Waals surface area contributed by atoms with Gasteiger partial charge in [-0.3, -0.25) is 0 Å². The Morgan fingerprint density at radius 3 is 2.84 bits per heavy atom. The summed E-state index contributed by atoms with van der Waals surface area (Å²) in [4.78, 5) is 19.0. The number of urea groups is 1. The Morgan fingerprint density at radius 2 is 1.97 bits per heavy atom. The van der Waals surface area contributed by atoms with Crippen LogP contribution in [0.25, 0.3) is 0 Å². The third-order valence-corrected chi connectivity index (χ3v) is 5.82. The number of imidazole rings is 1. The van der Waals surface area contributed by atoms with E-state index in [1.54, 1.807) is 12.5 Å². The fraction of sp³-hybridized carbons (Fsp3) is 0.333. The number of hydrogen-bond donors (Lipinski definition) is 1. The van der Waals surface area contributed by atoms with Gasteiger partial charge in [-0.1, -0.05) is 30.3 Å². The predicted molar refractivity (Wildman–Crippen MR) is 116 cm³/mol. The molecule has 2 aromatic carbocycles. The van der Waals surface area contributed by atoms with E-state index in [9.17, 15) is 4.79 Å². The van der Waals surface area contributed by atoms with Crippen LogP contribution in [0.3, 0.4) is 0 Å². The van der Waals surface area contributed by atoms with Crippen molar-refractivity contribution in [1.29, 1.82) is 0 Å². The lowest BCUT2D eigenvalue weighted by atomic mass is 10.0. The monoisotopic (exact) mass is 418 g/mol. The molecule has 2 aliphatic heterocycles. The van der Waals surface area contributed by atoms with Crippen molar-refractivity contribution in [1.82, 2.24) is 19.8 Å². The number of fused-ring (bicyclic) bond motifs is 1. The largest absolute Gasteiger partial charge is 0.486 e. The van der Waals surface area contributed by atoms with E-state index < -0.39 is 0 Å². The van der Waals surface area contributed by atoms with Crippen LogP contribution < -0.4 is 14.8 Å². The molecule has 3 aromatic rings. The van der Waals surface area contributed by atoms with Crippen molar-refractivity contribution in [2.24, 2.45) is 0 Å². The third kappa shape index (κ3) is 4.35. The minimum atomic E-state index is -0.0302. The second-order valence-electron chi connectivity index (χ2n) is 7.97. The number of nitrogens with zero attached hydrogens (tertiary/aromatic N) is 3. The van der Waals surface area contributed by atoms with E-state index in [0.717, 1.165) is 48.6 Å². The number of carbonyl (C=O) groups excluding carboxylic acids is 1. The zero-order valence-electron chi connectivity index (χ0n) is 17.4. The number of ether oxygens (including phenoxy) is 2.